The fourth-order valence-corrected chi connectivity index (χ4v) is 4.37. The summed E-state index contributed by atoms with van der Waals surface area (Å²) in [6.07, 6.45) is 9.13. The van der Waals surface area contributed by atoms with E-state index in [0.29, 0.717) is 17.1 Å². The molecule has 30 heavy (non-hydrogen) atoms. The molecule has 8 nitrogen and oxygen atoms in total. The molecule has 2 aliphatic rings. The summed E-state index contributed by atoms with van der Waals surface area (Å²) in [7, 11) is 1.98. The highest BCUT2D eigenvalue weighted by Crippen LogP contribution is 2.33. The molecule has 3 aromatic rings. The van der Waals surface area contributed by atoms with Gasteiger partial charge in [-0.25, -0.2) is 9.97 Å². The Morgan fingerprint density at radius 1 is 1.33 bits per heavy atom. The number of nitrogens with two attached hydrogens (primary N) is 1. The SMILES string of the molecule is C=C1c2ccc(-n3nnc4cnc(C[C@@H]5CC[C@@H](C(N)=O)C5)nc43)cc2C=CN1C. The van der Waals surface area contributed by atoms with Crippen LogP contribution in [0.5, 0.6) is 0 Å². The number of carbonyl (C=O) groups is 1. The van der Waals surface area contributed by atoms with Crippen molar-refractivity contribution in [2.75, 3.05) is 7.05 Å². The molecule has 2 aromatic heterocycles. The molecule has 1 amide bonds. The van der Waals surface area contributed by atoms with Gasteiger partial charge in [0.25, 0.3) is 0 Å². The van der Waals surface area contributed by atoms with E-state index in [4.69, 9.17) is 10.7 Å². The number of nitrogens with zero attached hydrogens (tertiary/aromatic N) is 6. The highest BCUT2D eigenvalue weighted by atomic mass is 16.1. The monoisotopic (exact) mass is 401 g/mol. The maximum atomic E-state index is 11.4. The Hall–Kier alpha value is -3.55. The van der Waals surface area contributed by atoms with E-state index in [9.17, 15) is 4.79 Å². The Morgan fingerprint density at radius 3 is 3.00 bits per heavy atom. The van der Waals surface area contributed by atoms with Crippen LogP contribution in [0.3, 0.4) is 0 Å². The molecule has 3 heterocycles. The minimum atomic E-state index is -0.202. The molecule has 1 aliphatic carbocycles. The van der Waals surface area contributed by atoms with Crippen molar-refractivity contribution in [3.05, 3.63) is 54.1 Å². The second kappa shape index (κ2) is 7.05. The Balaban J connectivity index is 1.45. The predicted molar refractivity (Wildman–Crippen MR) is 114 cm³/mol. The molecule has 152 valence electrons. The van der Waals surface area contributed by atoms with Gasteiger partial charge in [-0.3, -0.25) is 4.79 Å². The molecule has 0 spiro atoms. The summed E-state index contributed by atoms with van der Waals surface area (Å²) in [6.45, 7) is 4.15. The van der Waals surface area contributed by atoms with E-state index in [1.165, 1.54) is 0 Å². The zero-order chi connectivity index (χ0) is 20.8. The molecule has 2 atom stereocenters. The lowest BCUT2D eigenvalue weighted by atomic mass is 10.0. The van der Waals surface area contributed by atoms with Gasteiger partial charge < -0.3 is 10.6 Å². The van der Waals surface area contributed by atoms with E-state index >= 15 is 0 Å². The van der Waals surface area contributed by atoms with Crippen LogP contribution in [0, 0.1) is 11.8 Å². The van der Waals surface area contributed by atoms with Crippen molar-refractivity contribution in [3.8, 4) is 5.69 Å². The zero-order valence-electron chi connectivity index (χ0n) is 16.8. The first-order chi connectivity index (χ1) is 14.5. The van der Waals surface area contributed by atoms with Gasteiger partial charge in [0.05, 0.1) is 11.9 Å². The fourth-order valence-electron chi connectivity index (χ4n) is 4.37. The van der Waals surface area contributed by atoms with E-state index in [2.05, 4.69) is 34.0 Å². The summed E-state index contributed by atoms with van der Waals surface area (Å²) in [6, 6.07) is 6.11. The van der Waals surface area contributed by atoms with Gasteiger partial charge >= 0.3 is 0 Å². The summed E-state index contributed by atoms with van der Waals surface area (Å²) in [5.41, 5.74) is 10.8. The minimum absolute atomic E-state index is 0.0247. The average molecular weight is 401 g/mol. The Kier molecular flexibility index (Phi) is 4.34. The maximum absolute atomic E-state index is 11.4. The van der Waals surface area contributed by atoms with Crippen molar-refractivity contribution in [3.63, 3.8) is 0 Å². The first kappa shape index (κ1) is 18.5. The van der Waals surface area contributed by atoms with Crippen LogP contribution in [0.15, 0.2) is 37.2 Å². The number of fused-ring (bicyclic) bond motifs is 2. The number of rotatable bonds is 4. The van der Waals surface area contributed by atoms with E-state index in [0.717, 1.165) is 54.0 Å². The predicted octanol–water partition coefficient (Wildman–Crippen LogP) is 2.54. The number of hydrogen-bond donors (Lipinski definition) is 1. The standard InChI is InChI=1S/C22H23N7O/c1-13-18-6-5-17(11-15(18)7-8-28(13)2)29-22-19(26-27-29)12-24-20(25-22)10-14-3-4-16(9-14)21(23)30/h5-8,11-12,14,16H,1,3-4,9-10H2,2H3,(H2,23,30)/t14-,16-/m1/s1. The molecule has 1 fully saturated rings. The first-order valence-electron chi connectivity index (χ1n) is 10.1. The van der Waals surface area contributed by atoms with Gasteiger partial charge in [-0.05, 0) is 49.0 Å². The molecule has 0 saturated heterocycles. The smallest absolute Gasteiger partial charge is 0.220 e. The van der Waals surface area contributed by atoms with Crippen molar-refractivity contribution in [2.24, 2.45) is 17.6 Å². The lowest BCUT2D eigenvalue weighted by molar-refractivity contribution is -0.121. The van der Waals surface area contributed by atoms with Crippen LogP contribution in [0.4, 0.5) is 0 Å². The Bertz CT molecular complexity index is 1200. The number of benzene rings is 1. The van der Waals surface area contributed by atoms with Crippen LogP contribution in [-0.4, -0.2) is 42.8 Å². The lowest BCUT2D eigenvalue weighted by Crippen LogP contribution is -2.21. The summed E-state index contributed by atoms with van der Waals surface area (Å²) in [4.78, 5) is 22.7. The van der Waals surface area contributed by atoms with E-state index in [-0.39, 0.29) is 11.8 Å². The number of primary amides is 1. The Labute approximate surface area is 174 Å². The van der Waals surface area contributed by atoms with Gasteiger partial charge in [0, 0.05) is 36.8 Å². The van der Waals surface area contributed by atoms with Crippen LogP contribution in [0.25, 0.3) is 28.6 Å². The fraction of sp³-hybridized carbons (Fsp3) is 0.318. The van der Waals surface area contributed by atoms with Gasteiger partial charge in [-0.2, -0.15) is 4.68 Å². The second-order valence-electron chi connectivity index (χ2n) is 8.12. The lowest BCUT2D eigenvalue weighted by Gasteiger charge is -2.23. The van der Waals surface area contributed by atoms with Gasteiger partial charge in [0.2, 0.25) is 5.91 Å². The number of aromatic nitrogens is 5. The summed E-state index contributed by atoms with van der Waals surface area (Å²) in [5, 5.41) is 8.53. The molecule has 8 heteroatoms. The van der Waals surface area contributed by atoms with E-state index in [1.54, 1.807) is 10.9 Å². The molecule has 5 rings (SSSR count). The largest absolute Gasteiger partial charge is 0.369 e. The maximum Gasteiger partial charge on any atom is 0.220 e. The van der Waals surface area contributed by atoms with Crippen LogP contribution < -0.4 is 5.73 Å². The van der Waals surface area contributed by atoms with Crippen LogP contribution in [0.2, 0.25) is 0 Å². The summed E-state index contributed by atoms with van der Waals surface area (Å²) < 4.78 is 1.75. The first-order valence-corrected chi connectivity index (χ1v) is 10.1. The summed E-state index contributed by atoms with van der Waals surface area (Å²) >= 11 is 0. The van der Waals surface area contributed by atoms with Crippen LogP contribution in [0.1, 0.15) is 36.2 Å². The molecule has 1 aromatic carbocycles. The topological polar surface area (TPSA) is 103 Å². The van der Waals surface area contributed by atoms with Crippen molar-refractivity contribution in [2.45, 2.75) is 25.7 Å². The van der Waals surface area contributed by atoms with Gasteiger partial charge in [0.15, 0.2) is 11.2 Å². The van der Waals surface area contributed by atoms with E-state index < -0.39 is 0 Å². The van der Waals surface area contributed by atoms with Crippen molar-refractivity contribution >= 4 is 28.8 Å². The molecule has 0 unspecified atom stereocenters. The van der Waals surface area contributed by atoms with Crippen molar-refractivity contribution in [1.29, 1.82) is 0 Å². The second-order valence-corrected chi connectivity index (χ2v) is 8.12. The van der Waals surface area contributed by atoms with Crippen molar-refractivity contribution in [1.82, 2.24) is 29.9 Å². The third-order valence-electron chi connectivity index (χ3n) is 6.15. The number of carbonyl (C=O) groups excluding carboxylic acids is 1. The highest BCUT2D eigenvalue weighted by Gasteiger charge is 2.29. The molecule has 0 bridgehead atoms. The molecule has 1 saturated carbocycles. The van der Waals surface area contributed by atoms with E-state index in [1.807, 2.05) is 30.3 Å². The minimum Gasteiger partial charge on any atom is -0.369 e. The van der Waals surface area contributed by atoms with Crippen LogP contribution in [-0.2, 0) is 11.2 Å². The third-order valence-corrected chi connectivity index (χ3v) is 6.15. The molecule has 1 aliphatic heterocycles. The summed E-state index contributed by atoms with van der Waals surface area (Å²) in [5.74, 6) is 0.893. The van der Waals surface area contributed by atoms with Gasteiger partial charge in [-0.15, -0.1) is 5.10 Å². The number of amides is 1. The zero-order valence-corrected chi connectivity index (χ0v) is 16.8. The molecule has 0 radical (unpaired) electrons. The number of hydrogen-bond acceptors (Lipinski definition) is 6. The molecular formula is C22H23N7O. The Morgan fingerprint density at radius 2 is 2.20 bits per heavy atom. The van der Waals surface area contributed by atoms with Crippen LogP contribution >= 0.6 is 0 Å². The quantitative estimate of drug-likeness (QED) is 0.721. The normalized spacial score (nSPS) is 20.7. The van der Waals surface area contributed by atoms with Crippen molar-refractivity contribution < 1.29 is 4.79 Å². The average Bonchev–Trinajstić information content (AvgIpc) is 3.37. The van der Waals surface area contributed by atoms with Gasteiger partial charge in [0.1, 0.15) is 5.82 Å². The molecular weight excluding hydrogens is 378 g/mol. The highest BCUT2D eigenvalue weighted by molar-refractivity contribution is 5.78. The van der Waals surface area contributed by atoms with Gasteiger partial charge in [-0.1, -0.05) is 17.9 Å². The third kappa shape index (κ3) is 3.14. The molecule has 2 N–H and O–H groups in total.